The van der Waals surface area contributed by atoms with Crippen LogP contribution in [0.3, 0.4) is 0 Å². The molecule has 0 bridgehead atoms. The van der Waals surface area contributed by atoms with E-state index in [1.54, 1.807) is 0 Å². The SMILES string of the molecule is COC(=O)[C@H]1CC(OC)=CC1=O. The van der Waals surface area contributed by atoms with Gasteiger partial charge in [-0.1, -0.05) is 0 Å². The first-order valence-corrected chi connectivity index (χ1v) is 3.55. The van der Waals surface area contributed by atoms with Gasteiger partial charge >= 0.3 is 5.97 Å². The minimum atomic E-state index is -0.690. The molecular formula is C8H10O4. The third kappa shape index (κ3) is 1.47. The van der Waals surface area contributed by atoms with E-state index >= 15 is 0 Å². The van der Waals surface area contributed by atoms with E-state index in [1.807, 2.05) is 0 Å². The molecule has 0 fully saturated rings. The molecule has 0 spiro atoms. The van der Waals surface area contributed by atoms with Crippen molar-refractivity contribution in [2.75, 3.05) is 14.2 Å². The highest BCUT2D eigenvalue weighted by atomic mass is 16.5. The van der Waals surface area contributed by atoms with E-state index < -0.39 is 11.9 Å². The monoisotopic (exact) mass is 170 g/mol. The summed E-state index contributed by atoms with van der Waals surface area (Å²) in [6.45, 7) is 0. The number of carbonyl (C=O) groups excluding carboxylic acids is 2. The molecule has 0 aromatic rings. The second-order valence-corrected chi connectivity index (χ2v) is 2.50. The number of ketones is 1. The summed E-state index contributed by atoms with van der Waals surface area (Å²) < 4.78 is 9.29. The van der Waals surface area contributed by atoms with Crippen LogP contribution in [0, 0.1) is 5.92 Å². The Balaban J connectivity index is 2.65. The van der Waals surface area contributed by atoms with Gasteiger partial charge in [0, 0.05) is 12.5 Å². The predicted molar refractivity (Wildman–Crippen MR) is 40.2 cm³/mol. The van der Waals surface area contributed by atoms with Crippen LogP contribution in [0.1, 0.15) is 6.42 Å². The van der Waals surface area contributed by atoms with E-state index in [1.165, 1.54) is 20.3 Å². The van der Waals surface area contributed by atoms with Crippen molar-refractivity contribution in [1.29, 1.82) is 0 Å². The van der Waals surface area contributed by atoms with Crippen LogP contribution in [0.4, 0.5) is 0 Å². The second-order valence-electron chi connectivity index (χ2n) is 2.50. The lowest BCUT2D eigenvalue weighted by Crippen LogP contribution is -2.20. The summed E-state index contributed by atoms with van der Waals surface area (Å²) in [6.07, 6.45) is 1.66. The molecule has 0 aromatic heterocycles. The van der Waals surface area contributed by atoms with Crippen molar-refractivity contribution in [2.45, 2.75) is 6.42 Å². The van der Waals surface area contributed by atoms with Crippen molar-refractivity contribution in [3.63, 3.8) is 0 Å². The normalized spacial score (nSPS) is 22.0. The van der Waals surface area contributed by atoms with Crippen LogP contribution in [0.2, 0.25) is 0 Å². The van der Waals surface area contributed by atoms with Crippen molar-refractivity contribution in [2.24, 2.45) is 5.92 Å². The Bertz CT molecular complexity index is 241. The first-order chi connectivity index (χ1) is 5.69. The lowest BCUT2D eigenvalue weighted by atomic mass is 10.1. The standard InChI is InChI=1S/C8H10O4/c1-11-5-3-6(7(9)4-5)8(10)12-2/h4,6H,3H2,1-2H3/t6-/m0/s1. The summed E-state index contributed by atoms with van der Waals surface area (Å²) in [4.78, 5) is 22.0. The molecule has 1 atom stereocenters. The van der Waals surface area contributed by atoms with E-state index in [9.17, 15) is 9.59 Å². The molecule has 0 saturated heterocycles. The highest BCUT2D eigenvalue weighted by Gasteiger charge is 2.33. The van der Waals surface area contributed by atoms with Gasteiger partial charge < -0.3 is 9.47 Å². The third-order valence-corrected chi connectivity index (χ3v) is 1.80. The summed E-state index contributed by atoms with van der Waals surface area (Å²) in [5.74, 6) is -0.887. The molecule has 0 heterocycles. The van der Waals surface area contributed by atoms with E-state index in [0.717, 1.165) is 0 Å². The molecule has 66 valence electrons. The van der Waals surface area contributed by atoms with Gasteiger partial charge in [-0.05, 0) is 0 Å². The molecule has 1 aliphatic rings. The molecule has 4 nitrogen and oxygen atoms in total. The highest BCUT2D eigenvalue weighted by Crippen LogP contribution is 2.22. The molecule has 0 N–H and O–H groups in total. The predicted octanol–water partition coefficient (Wildman–Crippen LogP) is 0.279. The fraction of sp³-hybridized carbons (Fsp3) is 0.500. The van der Waals surface area contributed by atoms with E-state index in [4.69, 9.17) is 4.74 Å². The largest absolute Gasteiger partial charge is 0.501 e. The number of esters is 1. The molecular weight excluding hydrogens is 160 g/mol. The maximum absolute atomic E-state index is 11.1. The zero-order valence-electron chi connectivity index (χ0n) is 6.99. The first-order valence-electron chi connectivity index (χ1n) is 3.55. The lowest BCUT2D eigenvalue weighted by molar-refractivity contribution is -0.147. The van der Waals surface area contributed by atoms with Gasteiger partial charge in [0.15, 0.2) is 5.78 Å². The number of methoxy groups -OCH3 is 2. The molecule has 1 aliphatic carbocycles. The Morgan fingerprint density at radius 1 is 1.58 bits per heavy atom. The molecule has 12 heavy (non-hydrogen) atoms. The van der Waals surface area contributed by atoms with Crippen molar-refractivity contribution in [3.8, 4) is 0 Å². The Morgan fingerprint density at radius 2 is 2.25 bits per heavy atom. The van der Waals surface area contributed by atoms with Gasteiger partial charge in [0.05, 0.1) is 14.2 Å². The Labute approximate surface area is 70.1 Å². The number of allylic oxidation sites excluding steroid dienone is 2. The summed E-state index contributed by atoms with van der Waals surface area (Å²) >= 11 is 0. The first kappa shape index (κ1) is 8.77. The quantitative estimate of drug-likeness (QED) is 0.441. The van der Waals surface area contributed by atoms with Gasteiger partial charge in [0.25, 0.3) is 0 Å². The van der Waals surface area contributed by atoms with Crippen LogP contribution in [0.5, 0.6) is 0 Å². The molecule has 0 radical (unpaired) electrons. The van der Waals surface area contributed by atoms with Gasteiger partial charge in [0.2, 0.25) is 0 Å². The van der Waals surface area contributed by atoms with Crippen LogP contribution < -0.4 is 0 Å². The van der Waals surface area contributed by atoms with Gasteiger partial charge in [-0.15, -0.1) is 0 Å². The maximum atomic E-state index is 11.1. The van der Waals surface area contributed by atoms with Crippen LogP contribution in [0.25, 0.3) is 0 Å². The highest BCUT2D eigenvalue weighted by molar-refractivity contribution is 6.07. The second kappa shape index (κ2) is 3.38. The number of hydrogen-bond donors (Lipinski definition) is 0. The molecule has 0 aromatic carbocycles. The maximum Gasteiger partial charge on any atom is 0.317 e. The van der Waals surface area contributed by atoms with E-state index in [0.29, 0.717) is 12.2 Å². The van der Waals surface area contributed by atoms with Crippen LogP contribution in [0.15, 0.2) is 11.8 Å². The fourth-order valence-electron chi connectivity index (χ4n) is 1.10. The van der Waals surface area contributed by atoms with Gasteiger partial charge in [-0.2, -0.15) is 0 Å². The Hall–Kier alpha value is -1.32. The van der Waals surface area contributed by atoms with Crippen molar-refractivity contribution >= 4 is 11.8 Å². The van der Waals surface area contributed by atoms with Gasteiger partial charge in [-0.3, -0.25) is 9.59 Å². The zero-order valence-corrected chi connectivity index (χ0v) is 6.99. The van der Waals surface area contributed by atoms with Crippen LogP contribution in [-0.2, 0) is 19.1 Å². The number of hydrogen-bond acceptors (Lipinski definition) is 4. The fourth-order valence-corrected chi connectivity index (χ4v) is 1.10. The molecule has 0 aliphatic heterocycles. The minimum absolute atomic E-state index is 0.237. The molecule has 0 unspecified atom stereocenters. The van der Waals surface area contributed by atoms with Crippen molar-refractivity contribution in [1.82, 2.24) is 0 Å². The lowest BCUT2D eigenvalue weighted by Gasteiger charge is -2.04. The van der Waals surface area contributed by atoms with Gasteiger partial charge in [0.1, 0.15) is 11.7 Å². The number of rotatable bonds is 2. The number of ether oxygens (including phenoxy) is 2. The van der Waals surface area contributed by atoms with E-state index in [-0.39, 0.29) is 5.78 Å². The Kier molecular flexibility index (Phi) is 2.47. The topological polar surface area (TPSA) is 52.6 Å². The van der Waals surface area contributed by atoms with E-state index in [2.05, 4.69) is 4.74 Å². The van der Waals surface area contributed by atoms with Crippen LogP contribution >= 0.6 is 0 Å². The summed E-state index contributed by atoms with van der Waals surface area (Å²) in [6, 6.07) is 0. The molecule has 1 rings (SSSR count). The Morgan fingerprint density at radius 3 is 2.67 bits per heavy atom. The number of carbonyl (C=O) groups is 2. The summed E-state index contributed by atoms with van der Waals surface area (Å²) in [7, 11) is 2.74. The summed E-state index contributed by atoms with van der Waals surface area (Å²) in [5, 5.41) is 0. The molecule has 0 amide bonds. The molecule has 4 heteroatoms. The average Bonchev–Trinajstić information content (AvgIpc) is 2.45. The molecule has 0 saturated carbocycles. The third-order valence-electron chi connectivity index (χ3n) is 1.80. The van der Waals surface area contributed by atoms with Crippen molar-refractivity contribution < 1.29 is 19.1 Å². The minimum Gasteiger partial charge on any atom is -0.501 e. The summed E-state index contributed by atoms with van der Waals surface area (Å²) in [5.41, 5.74) is 0. The smallest absolute Gasteiger partial charge is 0.317 e. The van der Waals surface area contributed by atoms with Crippen molar-refractivity contribution in [3.05, 3.63) is 11.8 Å². The van der Waals surface area contributed by atoms with Gasteiger partial charge in [-0.25, -0.2) is 0 Å². The van der Waals surface area contributed by atoms with Crippen LogP contribution in [-0.4, -0.2) is 26.0 Å². The zero-order chi connectivity index (χ0) is 9.14. The average molecular weight is 170 g/mol.